The number of rotatable bonds is 7. The molecule has 2 N–H and O–H groups in total. The number of aromatic amines is 1. The number of esters is 1. The largest absolute Gasteiger partial charge is 0.465 e. The topological polar surface area (TPSA) is 97.0 Å². The van der Waals surface area contributed by atoms with Crippen LogP contribution in [-0.2, 0) is 4.74 Å². The van der Waals surface area contributed by atoms with Gasteiger partial charge in [0.15, 0.2) is 10.1 Å². The normalized spacial score (nSPS) is 12.3. The molecule has 136 valence electrons. The Morgan fingerprint density at radius 2 is 1.92 bits per heavy atom. The second kappa shape index (κ2) is 8.01. The van der Waals surface area contributed by atoms with Crippen molar-refractivity contribution >= 4 is 40.0 Å². The molecule has 0 amide bonds. The first-order chi connectivity index (χ1) is 11.7. The van der Waals surface area contributed by atoms with Crippen molar-refractivity contribution in [2.75, 3.05) is 12.4 Å². The fraction of sp³-hybridized carbons (Fsp3) is 0.500. The van der Waals surface area contributed by atoms with Gasteiger partial charge in [-0.05, 0) is 40.2 Å². The van der Waals surface area contributed by atoms with Crippen molar-refractivity contribution in [3.05, 3.63) is 22.5 Å². The number of carbonyl (C=O) groups excluding carboxylic acids is 2. The summed E-state index contributed by atoms with van der Waals surface area (Å²) in [5.74, 6) is -0.534. The molecule has 0 bridgehead atoms. The van der Waals surface area contributed by atoms with E-state index in [2.05, 4.69) is 20.5 Å². The number of hydrogen-bond acceptors (Lipinski definition) is 8. The zero-order valence-corrected chi connectivity index (χ0v) is 16.7. The standard InChI is InChI=1S/C16H22N4O3S2/c1-7(2)17-15-19-20-16(25-15)24-10(5)13(21)12-8(3)11(9(4)18-12)14(22)23-6/h7,10,18H,1-6H3,(H,17,19). The molecule has 0 aliphatic carbocycles. The molecule has 7 nitrogen and oxygen atoms in total. The van der Waals surface area contributed by atoms with Crippen molar-refractivity contribution in [2.45, 2.75) is 50.3 Å². The van der Waals surface area contributed by atoms with Crippen LogP contribution in [0.15, 0.2) is 4.34 Å². The van der Waals surface area contributed by atoms with E-state index in [0.717, 1.165) is 9.47 Å². The van der Waals surface area contributed by atoms with Crippen molar-refractivity contribution < 1.29 is 14.3 Å². The lowest BCUT2D eigenvalue weighted by atomic mass is 10.1. The molecule has 0 fully saturated rings. The molecule has 0 aliphatic rings. The quantitative estimate of drug-likeness (QED) is 0.430. The van der Waals surface area contributed by atoms with Gasteiger partial charge >= 0.3 is 5.97 Å². The summed E-state index contributed by atoms with van der Waals surface area (Å²) in [4.78, 5) is 27.6. The van der Waals surface area contributed by atoms with E-state index in [4.69, 9.17) is 4.74 Å². The van der Waals surface area contributed by atoms with E-state index in [1.54, 1.807) is 13.8 Å². The van der Waals surface area contributed by atoms with Gasteiger partial charge in [-0.1, -0.05) is 23.1 Å². The van der Waals surface area contributed by atoms with Crippen molar-refractivity contribution in [3.63, 3.8) is 0 Å². The Bertz CT molecular complexity index is 782. The molecule has 2 rings (SSSR count). The van der Waals surface area contributed by atoms with E-state index in [9.17, 15) is 9.59 Å². The molecule has 2 aromatic rings. The van der Waals surface area contributed by atoms with Crippen molar-refractivity contribution in [1.82, 2.24) is 15.2 Å². The average Bonchev–Trinajstić information content (AvgIpc) is 3.09. The Balaban J connectivity index is 2.15. The minimum Gasteiger partial charge on any atom is -0.465 e. The molecule has 0 radical (unpaired) electrons. The summed E-state index contributed by atoms with van der Waals surface area (Å²) in [6.45, 7) is 9.36. The first kappa shape index (κ1) is 19.5. The summed E-state index contributed by atoms with van der Waals surface area (Å²) in [7, 11) is 1.33. The van der Waals surface area contributed by atoms with E-state index in [1.807, 2.05) is 20.8 Å². The smallest absolute Gasteiger partial charge is 0.339 e. The minimum atomic E-state index is -0.445. The highest BCUT2D eigenvalue weighted by Gasteiger charge is 2.26. The maximum Gasteiger partial charge on any atom is 0.339 e. The Labute approximate surface area is 155 Å². The summed E-state index contributed by atoms with van der Waals surface area (Å²) in [5, 5.41) is 11.7. The number of carbonyl (C=O) groups is 2. The predicted octanol–water partition coefficient (Wildman–Crippen LogP) is 3.45. The molecule has 0 aliphatic heterocycles. The van der Waals surface area contributed by atoms with Gasteiger partial charge in [0.1, 0.15) is 0 Å². The van der Waals surface area contributed by atoms with Crippen LogP contribution >= 0.6 is 23.1 Å². The van der Waals surface area contributed by atoms with E-state index >= 15 is 0 Å². The number of aryl methyl sites for hydroxylation is 1. The minimum absolute atomic E-state index is 0.0886. The number of H-pyrrole nitrogens is 1. The van der Waals surface area contributed by atoms with Gasteiger partial charge in [0.2, 0.25) is 5.13 Å². The molecule has 1 unspecified atom stereocenters. The number of ketones is 1. The third kappa shape index (κ3) is 4.40. The van der Waals surface area contributed by atoms with Crippen LogP contribution in [-0.4, -0.2) is 45.3 Å². The molecule has 2 aromatic heterocycles. The molecular formula is C16H22N4O3S2. The molecular weight excluding hydrogens is 360 g/mol. The molecule has 25 heavy (non-hydrogen) atoms. The maximum atomic E-state index is 12.8. The van der Waals surface area contributed by atoms with Gasteiger partial charge in [0.05, 0.1) is 23.6 Å². The van der Waals surface area contributed by atoms with Crippen LogP contribution in [0.3, 0.4) is 0 Å². The Kier molecular flexibility index (Phi) is 6.23. The second-order valence-electron chi connectivity index (χ2n) is 5.91. The number of nitrogens with one attached hydrogen (secondary N) is 2. The lowest BCUT2D eigenvalue weighted by Gasteiger charge is -2.08. The zero-order chi connectivity index (χ0) is 18.7. The van der Waals surface area contributed by atoms with Crippen LogP contribution in [0.2, 0.25) is 0 Å². The Hall–Kier alpha value is -1.87. The van der Waals surface area contributed by atoms with Crippen molar-refractivity contribution in [2.24, 2.45) is 0 Å². The molecule has 0 aromatic carbocycles. The van der Waals surface area contributed by atoms with E-state index < -0.39 is 5.97 Å². The van der Waals surface area contributed by atoms with Gasteiger partial charge < -0.3 is 15.0 Å². The summed E-state index contributed by atoms with van der Waals surface area (Å²) >= 11 is 2.77. The van der Waals surface area contributed by atoms with Gasteiger partial charge in [0.25, 0.3) is 0 Å². The summed E-state index contributed by atoms with van der Waals surface area (Å²) in [6.07, 6.45) is 0. The highest BCUT2D eigenvalue weighted by Crippen LogP contribution is 2.31. The van der Waals surface area contributed by atoms with Gasteiger partial charge in [-0.15, -0.1) is 10.2 Å². The highest BCUT2D eigenvalue weighted by molar-refractivity contribution is 8.02. The second-order valence-corrected chi connectivity index (χ2v) is 8.48. The van der Waals surface area contributed by atoms with Crippen molar-refractivity contribution in [3.8, 4) is 0 Å². The summed E-state index contributed by atoms with van der Waals surface area (Å²) in [5.41, 5.74) is 2.09. The predicted molar refractivity (Wildman–Crippen MR) is 99.9 cm³/mol. The Morgan fingerprint density at radius 1 is 1.24 bits per heavy atom. The zero-order valence-electron chi connectivity index (χ0n) is 15.1. The van der Waals surface area contributed by atoms with Crippen LogP contribution in [0.25, 0.3) is 0 Å². The van der Waals surface area contributed by atoms with Crippen LogP contribution < -0.4 is 5.32 Å². The monoisotopic (exact) mass is 382 g/mol. The SMILES string of the molecule is COC(=O)c1c(C)[nH]c(C(=O)C(C)Sc2nnc(NC(C)C)s2)c1C. The van der Waals surface area contributed by atoms with Gasteiger partial charge in [-0.3, -0.25) is 4.79 Å². The first-order valence-corrected chi connectivity index (χ1v) is 9.52. The summed E-state index contributed by atoms with van der Waals surface area (Å²) in [6, 6.07) is 0.270. The summed E-state index contributed by atoms with van der Waals surface area (Å²) < 4.78 is 5.50. The lowest BCUT2D eigenvalue weighted by Crippen LogP contribution is -2.15. The molecule has 1 atom stereocenters. The number of aromatic nitrogens is 3. The number of nitrogens with zero attached hydrogens (tertiary/aromatic N) is 2. The third-order valence-electron chi connectivity index (χ3n) is 3.54. The number of hydrogen-bond donors (Lipinski definition) is 2. The lowest BCUT2D eigenvalue weighted by molar-refractivity contribution is 0.0599. The fourth-order valence-corrected chi connectivity index (χ4v) is 4.48. The molecule has 0 spiro atoms. The average molecular weight is 383 g/mol. The van der Waals surface area contributed by atoms with Gasteiger partial charge in [-0.25, -0.2) is 4.79 Å². The number of methoxy groups -OCH3 is 1. The highest BCUT2D eigenvalue weighted by atomic mass is 32.2. The van der Waals surface area contributed by atoms with Gasteiger partial charge in [-0.2, -0.15) is 0 Å². The Morgan fingerprint density at radius 3 is 2.52 bits per heavy atom. The maximum absolute atomic E-state index is 12.8. The van der Waals surface area contributed by atoms with Crippen LogP contribution in [0, 0.1) is 13.8 Å². The van der Waals surface area contributed by atoms with Crippen LogP contribution in [0.4, 0.5) is 5.13 Å². The van der Waals surface area contributed by atoms with Crippen LogP contribution in [0.5, 0.6) is 0 Å². The van der Waals surface area contributed by atoms with Crippen LogP contribution in [0.1, 0.15) is 52.9 Å². The number of Topliss-reactive ketones (excluding diaryl/α,β-unsaturated/α-hetero) is 1. The number of ether oxygens (including phenoxy) is 1. The first-order valence-electron chi connectivity index (χ1n) is 7.83. The van der Waals surface area contributed by atoms with E-state index in [0.29, 0.717) is 22.5 Å². The number of thioether (sulfide) groups is 1. The van der Waals surface area contributed by atoms with Crippen molar-refractivity contribution in [1.29, 1.82) is 0 Å². The molecule has 0 saturated heterocycles. The number of anilines is 1. The molecule has 2 heterocycles. The van der Waals surface area contributed by atoms with Gasteiger partial charge in [0, 0.05) is 11.7 Å². The van der Waals surface area contributed by atoms with E-state index in [1.165, 1.54) is 30.2 Å². The third-order valence-corrected chi connectivity index (χ3v) is 5.58. The molecule has 0 saturated carbocycles. The fourth-order valence-electron chi connectivity index (χ4n) is 2.38. The van der Waals surface area contributed by atoms with E-state index in [-0.39, 0.29) is 17.1 Å². The molecule has 9 heteroatoms.